The van der Waals surface area contributed by atoms with E-state index >= 15 is 0 Å². The van der Waals surface area contributed by atoms with Crippen LogP contribution in [0.4, 0.5) is 0 Å². The second-order valence-corrected chi connectivity index (χ2v) is 3.59. The SMILES string of the molecule is CCc1ccsc1C(O)CCl. The van der Waals surface area contributed by atoms with E-state index < -0.39 is 6.10 Å². The Kier molecular flexibility index (Phi) is 3.37. The Morgan fingerprint density at radius 2 is 2.45 bits per heavy atom. The van der Waals surface area contributed by atoms with E-state index in [4.69, 9.17) is 11.6 Å². The first kappa shape index (κ1) is 9.04. The molecule has 1 heterocycles. The first-order chi connectivity index (χ1) is 5.29. The molecule has 1 aromatic rings. The summed E-state index contributed by atoms with van der Waals surface area (Å²) in [6.45, 7) is 2.08. The van der Waals surface area contributed by atoms with E-state index in [0.29, 0.717) is 0 Å². The molecule has 1 atom stereocenters. The quantitative estimate of drug-likeness (QED) is 0.727. The van der Waals surface area contributed by atoms with Gasteiger partial charge in [-0.3, -0.25) is 0 Å². The molecule has 1 nitrogen and oxygen atoms in total. The Morgan fingerprint density at radius 3 is 3.00 bits per heavy atom. The molecule has 0 aliphatic carbocycles. The average molecular weight is 191 g/mol. The largest absolute Gasteiger partial charge is 0.386 e. The topological polar surface area (TPSA) is 20.2 Å². The summed E-state index contributed by atoms with van der Waals surface area (Å²) in [5.41, 5.74) is 1.21. The van der Waals surface area contributed by atoms with Gasteiger partial charge in [-0.15, -0.1) is 22.9 Å². The van der Waals surface area contributed by atoms with Crippen LogP contribution in [-0.4, -0.2) is 11.0 Å². The molecule has 0 aliphatic rings. The molecule has 0 fully saturated rings. The molecule has 0 radical (unpaired) electrons. The molecule has 0 spiro atoms. The summed E-state index contributed by atoms with van der Waals surface area (Å²) < 4.78 is 0. The maximum absolute atomic E-state index is 9.41. The summed E-state index contributed by atoms with van der Waals surface area (Å²) in [5, 5.41) is 11.4. The smallest absolute Gasteiger partial charge is 0.102 e. The number of alkyl halides is 1. The highest BCUT2D eigenvalue weighted by Gasteiger charge is 2.10. The van der Waals surface area contributed by atoms with Crippen molar-refractivity contribution >= 4 is 22.9 Å². The zero-order valence-electron chi connectivity index (χ0n) is 6.38. The lowest BCUT2D eigenvalue weighted by atomic mass is 10.1. The van der Waals surface area contributed by atoms with Crippen molar-refractivity contribution in [3.63, 3.8) is 0 Å². The molecule has 11 heavy (non-hydrogen) atoms. The zero-order chi connectivity index (χ0) is 8.27. The molecule has 0 amide bonds. The first-order valence-electron chi connectivity index (χ1n) is 3.59. The number of rotatable bonds is 3. The fraction of sp³-hybridized carbons (Fsp3) is 0.500. The Hall–Kier alpha value is -0.0500. The van der Waals surface area contributed by atoms with Gasteiger partial charge in [0.05, 0.1) is 5.88 Å². The van der Waals surface area contributed by atoms with Crippen LogP contribution in [0.3, 0.4) is 0 Å². The molecule has 1 rings (SSSR count). The van der Waals surface area contributed by atoms with Crippen LogP contribution in [0.1, 0.15) is 23.5 Å². The lowest BCUT2D eigenvalue weighted by molar-refractivity contribution is 0.205. The van der Waals surface area contributed by atoms with E-state index in [0.717, 1.165) is 11.3 Å². The molecular formula is C8H11ClOS. The van der Waals surface area contributed by atoms with Gasteiger partial charge in [-0.2, -0.15) is 0 Å². The number of thiophene rings is 1. The van der Waals surface area contributed by atoms with Crippen molar-refractivity contribution in [1.29, 1.82) is 0 Å². The van der Waals surface area contributed by atoms with Crippen LogP contribution in [0.2, 0.25) is 0 Å². The number of halogens is 1. The van der Waals surface area contributed by atoms with Gasteiger partial charge in [0.1, 0.15) is 6.10 Å². The first-order valence-corrected chi connectivity index (χ1v) is 5.01. The molecule has 1 aromatic heterocycles. The van der Waals surface area contributed by atoms with E-state index in [1.54, 1.807) is 11.3 Å². The summed E-state index contributed by atoms with van der Waals surface area (Å²) >= 11 is 7.10. The van der Waals surface area contributed by atoms with Crippen molar-refractivity contribution < 1.29 is 5.11 Å². The maximum atomic E-state index is 9.41. The number of aryl methyl sites for hydroxylation is 1. The minimum Gasteiger partial charge on any atom is -0.386 e. The molecule has 62 valence electrons. The van der Waals surface area contributed by atoms with Gasteiger partial charge in [0.15, 0.2) is 0 Å². The lowest BCUT2D eigenvalue weighted by Gasteiger charge is -2.05. The maximum Gasteiger partial charge on any atom is 0.102 e. The Morgan fingerprint density at radius 1 is 1.73 bits per heavy atom. The summed E-state index contributed by atoms with van der Waals surface area (Å²) in [6, 6.07) is 2.04. The number of aliphatic hydroxyl groups excluding tert-OH is 1. The van der Waals surface area contributed by atoms with Gasteiger partial charge < -0.3 is 5.11 Å². The van der Waals surface area contributed by atoms with Gasteiger partial charge in [-0.25, -0.2) is 0 Å². The third-order valence-corrected chi connectivity index (χ3v) is 2.96. The van der Waals surface area contributed by atoms with E-state index in [1.165, 1.54) is 5.56 Å². The molecule has 0 aliphatic heterocycles. The molecule has 0 saturated carbocycles. The van der Waals surface area contributed by atoms with E-state index in [-0.39, 0.29) is 5.88 Å². The zero-order valence-corrected chi connectivity index (χ0v) is 7.95. The van der Waals surface area contributed by atoms with Gasteiger partial charge in [-0.1, -0.05) is 6.92 Å². The van der Waals surface area contributed by atoms with Gasteiger partial charge in [0, 0.05) is 4.88 Å². The van der Waals surface area contributed by atoms with Gasteiger partial charge in [-0.05, 0) is 23.4 Å². The molecule has 1 N–H and O–H groups in total. The standard InChI is InChI=1S/C8H11ClOS/c1-2-6-3-4-11-8(6)7(10)5-9/h3-4,7,10H,2,5H2,1H3. The Bertz CT molecular complexity index is 222. The molecule has 1 unspecified atom stereocenters. The van der Waals surface area contributed by atoms with Crippen molar-refractivity contribution in [2.24, 2.45) is 0 Å². The Balaban J connectivity index is 2.83. The van der Waals surface area contributed by atoms with Gasteiger partial charge in [0.2, 0.25) is 0 Å². The molecular weight excluding hydrogens is 180 g/mol. The monoisotopic (exact) mass is 190 g/mol. The predicted octanol–water partition coefficient (Wildman–Crippen LogP) is 2.58. The van der Waals surface area contributed by atoms with Crippen LogP contribution < -0.4 is 0 Å². The van der Waals surface area contributed by atoms with Crippen molar-refractivity contribution in [3.05, 3.63) is 21.9 Å². The van der Waals surface area contributed by atoms with Crippen molar-refractivity contribution in [2.75, 3.05) is 5.88 Å². The normalized spacial score (nSPS) is 13.4. The van der Waals surface area contributed by atoms with Crippen LogP contribution in [0.5, 0.6) is 0 Å². The third-order valence-electron chi connectivity index (χ3n) is 1.61. The van der Waals surface area contributed by atoms with E-state index in [1.807, 2.05) is 11.4 Å². The lowest BCUT2D eigenvalue weighted by Crippen LogP contribution is -1.98. The highest BCUT2D eigenvalue weighted by atomic mass is 35.5. The number of hydrogen-bond donors (Lipinski definition) is 1. The van der Waals surface area contributed by atoms with Crippen LogP contribution in [0.25, 0.3) is 0 Å². The summed E-state index contributed by atoms with van der Waals surface area (Å²) in [4.78, 5) is 1.02. The van der Waals surface area contributed by atoms with Gasteiger partial charge >= 0.3 is 0 Å². The molecule has 0 bridgehead atoms. The number of aliphatic hydroxyl groups is 1. The molecule has 0 saturated heterocycles. The third kappa shape index (κ3) is 1.95. The van der Waals surface area contributed by atoms with Crippen LogP contribution in [-0.2, 0) is 6.42 Å². The van der Waals surface area contributed by atoms with Crippen LogP contribution >= 0.6 is 22.9 Å². The summed E-state index contributed by atoms with van der Waals surface area (Å²) in [6.07, 6.45) is 0.485. The van der Waals surface area contributed by atoms with Gasteiger partial charge in [0.25, 0.3) is 0 Å². The second-order valence-electron chi connectivity index (χ2n) is 2.33. The summed E-state index contributed by atoms with van der Waals surface area (Å²) in [7, 11) is 0. The van der Waals surface area contributed by atoms with Crippen LogP contribution in [0, 0.1) is 0 Å². The number of hydrogen-bond acceptors (Lipinski definition) is 2. The highest BCUT2D eigenvalue weighted by molar-refractivity contribution is 7.10. The Labute approximate surface area is 75.6 Å². The fourth-order valence-corrected chi connectivity index (χ4v) is 2.23. The summed E-state index contributed by atoms with van der Waals surface area (Å²) in [5.74, 6) is 0.285. The van der Waals surface area contributed by atoms with Crippen molar-refractivity contribution in [3.8, 4) is 0 Å². The fourth-order valence-electron chi connectivity index (χ4n) is 1.00. The predicted molar refractivity (Wildman–Crippen MR) is 49.4 cm³/mol. The van der Waals surface area contributed by atoms with E-state index in [9.17, 15) is 5.11 Å². The van der Waals surface area contributed by atoms with Crippen molar-refractivity contribution in [1.82, 2.24) is 0 Å². The highest BCUT2D eigenvalue weighted by Crippen LogP contribution is 2.25. The van der Waals surface area contributed by atoms with Crippen molar-refractivity contribution in [2.45, 2.75) is 19.4 Å². The van der Waals surface area contributed by atoms with E-state index in [2.05, 4.69) is 6.92 Å². The minimum atomic E-state index is -0.480. The molecule has 3 heteroatoms. The second kappa shape index (κ2) is 4.10. The molecule has 0 aromatic carbocycles. The average Bonchev–Trinajstić information content (AvgIpc) is 2.50. The minimum absolute atomic E-state index is 0.285. The van der Waals surface area contributed by atoms with Crippen LogP contribution in [0.15, 0.2) is 11.4 Å².